The summed E-state index contributed by atoms with van der Waals surface area (Å²) in [7, 11) is 0. The highest BCUT2D eigenvalue weighted by molar-refractivity contribution is 6.36. The van der Waals surface area contributed by atoms with E-state index < -0.39 is 11.8 Å². The van der Waals surface area contributed by atoms with E-state index in [1.165, 1.54) is 0 Å². The second kappa shape index (κ2) is 2.70. The molecule has 0 saturated carbocycles. The first-order chi connectivity index (χ1) is 5.80. The first-order valence-corrected chi connectivity index (χ1v) is 4.13. The summed E-state index contributed by atoms with van der Waals surface area (Å²) in [6.45, 7) is 6.57. The zero-order valence-electron chi connectivity index (χ0n) is 8.31. The van der Waals surface area contributed by atoms with Crippen molar-refractivity contribution in [2.75, 3.05) is 0 Å². The fourth-order valence-corrected chi connectivity index (χ4v) is 1.34. The van der Waals surface area contributed by atoms with E-state index in [1.807, 2.05) is 0 Å². The summed E-state index contributed by atoms with van der Waals surface area (Å²) in [6, 6.07) is 0. The van der Waals surface area contributed by atoms with Crippen LogP contribution < -0.4 is 0 Å². The Labute approximate surface area is 76.8 Å². The minimum atomic E-state index is -1.14. The predicted octanol–water partition coefficient (Wildman–Crippen LogP) is -0.178. The molecule has 1 aliphatic heterocycles. The van der Waals surface area contributed by atoms with Gasteiger partial charge in [0, 0.05) is 32.4 Å². The molecule has 1 heterocycles. The van der Waals surface area contributed by atoms with Gasteiger partial charge in [-0.3, -0.25) is 10.4 Å². The van der Waals surface area contributed by atoms with Gasteiger partial charge in [0.15, 0.2) is 0 Å². The molecule has 5 heteroatoms. The lowest BCUT2D eigenvalue weighted by atomic mass is 10.0. The van der Waals surface area contributed by atoms with Crippen molar-refractivity contribution >= 4 is 11.4 Å². The molecule has 0 bridgehead atoms. The molecule has 0 fully saturated rings. The Balaban J connectivity index is 3.32. The van der Waals surface area contributed by atoms with Gasteiger partial charge in [0.05, 0.1) is 0 Å². The maximum Gasteiger partial charge on any atom is 0.371 e. The molecule has 13 heavy (non-hydrogen) atoms. The number of aliphatic hydroxyl groups excluding tert-OH is 1. The SMILES string of the molecule is CC1=[N+](O)C(O)C(C)(C)[N+](O)=C1C. The van der Waals surface area contributed by atoms with E-state index in [0.29, 0.717) is 11.4 Å². The van der Waals surface area contributed by atoms with Gasteiger partial charge in [-0.05, 0) is 4.74 Å². The Morgan fingerprint density at radius 1 is 1.15 bits per heavy atom. The lowest BCUT2D eigenvalue weighted by Gasteiger charge is -2.21. The summed E-state index contributed by atoms with van der Waals surface area (Å²) >= 11 is 0. The first kappa shape index (κ1) is 9.98. The molecule has 0 spiro atoms. The van der Waals surface area contributed by atoms with Crippen LogP contribution in [0, 0.1) is 0 Å². The summed E-state index contributed by atoms with van der Waals surface area (Å²) in [5, 5.41) is 28.7. The second-order valence-electron chi connectivity index (χ2n) is 3.85. The second-order valence-corrected chi connectivity index (χ2v) is 3.85. The number of hydrogen-bond donors (Lipinski definition) is 3. The molecule has 0 aromatic heterocycles. The number of aliphatic hydroxyl groups is 1. The molecular formula is C8H16N2O3+2. The van der Waals surface area contributed by atoms with E-state index in [9.17, 15) is 15.5 Å². The zero-order valence-corrected chi connectivity index (χ0v) is 8.31. The van der Waals surface area contributed by atoms with Gasteiger partial charge in [-0.2, -0.15) is 0 Å². The van der Waals surface area contributed by atoms with Crippen LogP contribution in [0.15, 0.2) is 0 Å². The minimum Gasteiger partial charge on any atom is -0.328 e. The Morgan fingerprint density at radius 3 is 2.08 bits per heavy atom. The lowest BCUT2D eigenvalue weighted by molar-refractivity contribution is -0.909. The highest BCUT2D eigenvalue weighted by Gasteiger charge is 2.55. The third-order valence-corrected chi connectivity index (χ3v) is 2.59. The normalized spacial score (nSPS) is 28.2. The van der Waals surface area contributed by atoms with E-state index in [1.54, 1.807) is 27.7 Å². The highest BCUT2D eigenvalue weighted by Crippen LogP contribution is 2.17. The van der Waals surface area contributed by atoms with E-state index in [-0.39, 0.29) is 0 Å². The largest absolute Gasteiger partial charge is 0.371 e. The zero-order chi connectivity index (χ0) is 10.4. The summed E-state index contributed by atoms with van der Waals surface area (Å²) in [4.78, 5) is 0. The van der Waals surface area contributed by atoms with Crippen molar-refractivity contribution in [3.8, 4) is 0 Å². The summed E-state index contributed by atoms with van der Waals surface area (Å²) in [5.41, 5.74) is 0.0466. The number of hydrogen-bond acceptors (Lipinski definition) is 3. The van der Waals surface area contributed by atoms with Crippen LogP contribution in [-0.4, -0.2) is 48.2 Å². The molecule has 0 saturated heterocycles. The molecule has 5 nitrogen and oxygen atoms in total. The minimum absolute atomic E-state index is 0.439. The van der Waals surface area contributed by atoms with Crippen molar-refractivity contribution in [3.05, 3.63) is 0 Å². The van der Waals surface area contributed by atoms with E-state index in [0.717, 1.165) is 9.48 Å². The van der Waals surface area contributed by atoms with Crippen LogP contribution in [0.4, 0.5) is 0 Å². The summed E-state index contributed by atoms with van der Waals surface area (Å²) in [5.74, 6) is 0. The van der Waals surface area contributed by atoms with Gasteiger partial charge < -0.3 is 5.11 Å². The fourth-order valence-electron chi connectivity index (χ4n) is 1.34. The quantitative estimate of drug-likeness (QED) is 0.365. The molecular weight excluding hydrogens is 172 g/mol. The van der Waals surface area contributed by atoms with Gasteiger partial charge in [0.25, 0.3) is 17.0 Å². The van der Waals surface area contributed by atoms with Gasteiger partial charge in [-0.1, -0.05) is 0 Å². The van der Waals surface area contributed by atoms with Gasteiger partial charge in [-0.15, -0.1) is 0 Å². The number of rotatable bonds is 0. The summed E-state index contributed by atoms with van der Waals surface area (Å²) in [6.07, 6.45) is -1.14. The molecule has 74 valence electrons. The molecule has 1 atom stereocenters. The van der Waals surface area contributed by atoms with Gasteiger partial charge in [0.2, 0.25) is 0 Å². The smallest absolute Gasteiger partial charge is 0.328 e. The molecule has 1 unspecified atom stereocenters. The van der Waals surface area contributed by atoms with E-state index >= 15 is 0 Å². The third kappa shape index (κ3) is 1.19. The van der Waals surface area contributed by atoms with E-state index in [4.69, 9.17) is 0 Å². The standard InChI is InChI=1S/C8H16N2O3/c1-5-6(2)10(13)8(3,4)7(11)9(5)12/h7,11-13H,1-4H3/q+2. The van der Waals surface area contributed by atoms with Crippen LogP contribution in [0.25, 0.3) is 0 Å². The van der Waals surface area contributed by atoms with Crippen molar-refractivity contribution in [2.24, 2.45) is 0 Å². The Morgan fingerprint density at radius 2 is 1.62 bits per heavy atom. The average Bonchev–Trinajstić information content (AvgIpc) is 2.09. The van der Waals surface area contributed by atoms with Crippen molar-refractivity contribution in [1.29, 1.82) is 0 Å². The van der Waals surface area contributed by atoms with Crippen molar-refractivity contribution in [3.63, 3.8) is 0 Å². The number of hydroxylamine groups is 2. The van der Waals surface area contributed by atoms with Crippen LogP contribution in [0.1, 0.15) is 27.7 Å². The van der Waals surface area contributed by atoms with Crippen LogP contribution >= 0.6 is 0 Å². The molecule has 0 aromatic carbocycles. The number of nitrogens with zero attached hydrogens (tertiary/aromatic N) is 2. The topological polar surface area (TPSA) is 66.7 Å². The maximum atomic E-state index is 9.64. The molecule has 0 aliphatic carbocycles. The predicted molar refractivity (Wildman–Crippen MR) is 45.5 cm³/mol. The molecule has 0 amide bonds. The Hall–Kier alpha value is -1.10. The Bertz CT molecular complexity index is 305. The summed E-state index contributed by atoms with van der Waals surface area (Å²) < 4.78 is 1.74. The highest BCUT2D eigenvalue weighted by atomic mass is 16.5. The van der Waals surface area contributed by atoms with Crippen LogP contribution in [-0.2, 0) is 0 Å². The molecule has 3 N–H and O–H groups in total. The van der Waals surface area contributed by atoms with Crippen LogP contribution in [0.5, 0.6) is 0 Å². The van der Waals surface area contributed by atoms with E-state index in [2.05, 4.69) is 0 Å². The van der Waals surface area contributed by atoms with Gasteiger partial charge in [0.1, 0.15) is 0 Å². The molecule has 0 aromatic rings. The molecule has 1 aliphatic rings. The average molecular weight is 188 g/mol. The monoisotopic (exact) mass is 188 g/mol. The van der Waals surface area contributed by atoms with Crippen LogP contribution in [0.3, 0.4) is 0 Å². The first-order valence-electron chi connectivity index (χ1n) is 4.13. The van der Waals surface area contributed by atoms with Crippen molar-refractivity contribution in [2.45, 2.75) is 39.5 Å². The van der Waals surface area contributed by atoms with Crippen molar-refractivity contribution in [1.82, 2.24) is 0 Å². The van der Waals surface area contributed by atoms with Gasteiger partial charge in [-0.25, -0.2) is 0 Å². The van der Waals surface area contributed by atoms with Crippen molar-refractivity contribution < 1.29 is 25.0 Å². The van der Waals surface area contributed by atoms with Gasteiger partial charge >= 0.3 is 6.23 Å². The van der Waals surface area contributed by atoms with Crippen LogP contribution in [0.2, 0.25) is 0 Å². The molecule has 0 radical (unpaired) electrons. The third-order valence-electron chi connectivity index (χ3n) is 2.59. The fraction of sp³-hybridized carbons (Fsp3) is 0.750. The molecule has 1 rings (SSSR count). The Kier molecular flexibility index (Phi) is 2.07. The maximum absolute atomic E-state index is 9.64. The lowest BCUT2D eigenvalue weighted by Crippen LogP contribution is -2.58.